The molecule has 7 nitrogen and oxygen atoms in total. The number of urea groups is 1. The van der Waals surface area contributed by atoms with Gasteiger partial charge >= 0.3 is 12.0 Å². The lowest BCUT2D eigenvalue weighted by atomic mass is 10.1. The summed E-state index contributed by atoms with van der Waals surface area (Å²) in [5, 5.41) is 4.56. The lowest BCUT2D eigenvalue weighted by Gasteiger charge is -2.26. The first kappa shape index (κ1) is 20.4. The van der Waals surface area contributed by atoms with Gasteiger partial charge in [-0.05, 0) is 58.9 Å². The first-order valence-corrected chi connectivity index (χ1v) is 7.78. The highest BCUT2D eigenvalue weighted by molar-refractivity contribution is 5.97. The molecule has 0 fully saturated rings. The molecule has 0 aromatic heterocycles. The molecule has 0 aliphatic heterocycles. The van der Waals surface area contributed by atoms with Gasteiger partial charge in [-0.25, -0.2) is 14.0 Å². The first-order valence-electron chi connectivity index (χ1n) is 7.78. The van der Waals surface area contributed by atoms with E-state index in [1.165, 1.54) is 45.0 Å². The number of halogens is 1. The third kappa shape index (κ3) is 6.78. The van der Waals surface area contributed by atoms with Crippen molar-refractivity contribution in [1.82, 2.24) is 10.6 Å². The lowest BCUT2D eigenvalue weighted by Crippen LogP contribution is -2.48. The van der Waals surface area contributed by atoms with Crippen LogP contribution >= 0.6 is 0 Å². The van der Waals surface area contributed by atoms with Crippen LogP contribution in [0.15, 0.2) is 24.3 Å². The van der Waals surface area contributed by atoms with Gasteiger partial charge in [0.25, 0.3) is 5.91 Å². The Morgan fingerprint density at radius 2 is 1.64 bits per heavy atom. The molecular weight excluding hydrogens is 331 g/mol. The number of hydrogen-bond donors (Lipinski definition) is 2. The molecule has 25 heavy (non-hydrogen) atoms. The maximum Gasteiger partial charge on any atom is 0.350 e. The van der Waals surface area contributed by atoms with E-state index in [1.807, 2.05) is 0 Å². The van der Waals surface area contributed by atoms with Crippen LogP contribution in [-0.2, 0) is 14.3 Å². The van der Waals surface area contributed by atoms with E-state index >= 15 is 0 Å². The third-order valence-corrected chi connectivity index (χ3v) is 2.99. The van der Waals surface area contributed by atoms with Crippen LogP contribution in [0, 0.1) is 5.82 Å². The maximum atomic E-state index is 12.9. The largest absolute Gasteiger partial charge is 0.476 e. The molecule has 1 atom stereocenters. The summed E-state index contributed by atoms with van der Waals surface area (Å²) in [6.45, 7) is 7.72. The molecule has 138 valence electrons. The minimum atomic E-state index is -1.41. The second-order valence-electron chi connectivity index (χ2n) is 6.23. The molecule has 0 heterocycles. The summed E-state index contributed by atoms with van der Waals surface area (Å²) in [5.74, 6) is -1.72. The molecule has 2 N–H and O–H groups in total. The molecule has 0 aliphatic rings. The molecule has 0 saturated heterocycles. The van der Waals surface area contributed by atoms with E-state index in [1.54, 1.807) is 13.8 Å². The monoisotopic (exact) mass is 354 g/mol. The van der Waals surface area contributed by atoms with E-state index in [2.05, 4.69) is 10.6 Å². The molecule has 1 rings (SSSR count). The quantitative estimate of drug-likeness (QED) is 0.764. The van der Waals surface area contributed by atoms with Crippen LogP contribution < -0.4 is 15.4 Å². The van der Waals surface area contributed by atoms with Crippen LogP contribution in [0.1, 0.15) is 34.6 Å². The van der Waals surface area contributed by atoms with Crippen LogP contribution in [-0.4, -0.2) is 35.7 Å². The standard InChI is InChI=1S/C17H23FN2O5/c1-10(2)19-16(23)20-14(21)11(3)24-15(22)17(4,5)25-13-8-6-12(18)7-9-13/h6-11H,1-5H3,(H2,19,20,21,23)/t11-/m1/s1. The predicted octanol–water partition coefficient (Wildman–Crippen LogP) is 2.15. The molecule has 8 heteroatoms. The van der Waals surface area contributed by atoms with Gasteiger partial charge in [0, 0.05) is 6.04 Å². The number of esters is 1. The molecule has 1 aromatic rings. The number of benzene rings is 1. The average molecular weight is 354 g/mol. The smallest absolute Gasteiger partial charge is 0.350 e. The van der Waals surface area contributed by atoms with E-state index in [4.69, 9.17) is 9.47 Å². The fraction of sp³-hybridized carbons (Fsp3) is 0.471. The molecule has 3 amide bonds. The number of carbonyl (C=O) groups excluding carboxylic acids is 3. The van der Waals surface area contributed by atoms with Crippen LogP contribution in [0.25, 0.3) is 0 Å². The molecule has 0 bridgehead atoms. The van der Waals surface area contributed by atoms with E-state index in [-0.39, 0.29) is 11.8 Å². The number of ether oxygens (including phenoxy) is 2. The molecule has 0 spiro atoms. The zero-order chi connectivity index (χ0) is 19.2. The van der Waals surface area contributed by atoms with Crippen molar-refractivity contribution in [2.45, 2.75) is 52.4 Å². The number of nitrogens with one attached hydrogen (secondary N) is 2. The Balaban J connectivity index is 2.61. The normalized spacial score (nSPS) is 12.3. The van der Waals surface area contributed by atoms with Gasteiger partial charge in [-0.15, -0.1) is 0 Å². The molecule has 0 unspecified atom stereocenters. The van der Waals surface area contributed by atoms with Gasteiger partial charge in [0.05, 0.1) is 0 Å². The molecule has 0 saturated carbocycles. The van der Waals surface area contributed by atoms with Gasteiger partial charge in [-0.2, -0.15) is 0 Å². The van der Waals surface area contributed by atoms with Crippen molar-refractivity contribution in [2.75, 3.05) is 0 Å². The van der Waals surface area contributed by atoms with Crippen molar-refractivity contribution in [3.05, 3.63) is 30.1 Å². The van der Waals surface area contributed by atoms with Crippen LogP contribution in [0.5, 0.6) is 5.75 Å². The summed E-state index contributed by atoms with van der Waals surface area (Å²) in [6.07, 6.45) is -1.19. The Bertz CT molecular complexity index is 628. The highest BCUT2D eigenvalue weighted by Crippen LogP contribution is 2.20. The Morgan fingerprint density at radius 1 is 1.08 bits per heavy atom. The number of imide groups is 1. The second kappa shape index (κ2) is 8.46. The molecule has 0 aliphatic carbocycles. The van der Waals surface area contributed by atoms with Gasteiger partial charge in [-0.3, -0.25) is 10.1 Å². The number of hydrogen-bond acceptors (Lipinski definition) is 5. The highest BCUT2D eigenvalue weighted by atomic mass is 19.1. The second-order valence-corrected chi connectivity index (χ2v) is 6.23. The minimum absolute atomic E-state index is 0.145. The number of rotatable bonds is 6. The van der Waals surface area contributed by atoms with Crippen molar-refractivity contribution in [1.29, 1.82) is 0 Å². The summed E-state index contributed by atoms with van der Waals surface area (Å²) >= 11 is 0. The van der Waals surface area contributed by atoms with Crippen molar-refractivity contribution in [3.63, 3.8) is 0 Å². The predicted molar refractivity (Wildman–Crippen MR) is 88.5 cm³/mol. The summed E-state index contributed by atoms with van der Waals surface area (Å²) in [7, 11) is 0. The Morgan fingerprint density at radius 3 is 2.16 bits per heavy atom. The molecule has 1 aromatic carbocycles. The highest BCUT2D eigenvalue weighted by Gasteiger charge is 2.34. The van der Waals surface area contributed by atoms with Crippen LogP contribution in [0.2, 0.25) is 0 Å². The Kier molecular flexibility index (Phi) is 6.90. The Labute approximate surface area is 145 Å². The minimum Gasteiger partial charge on any atom is -0.476 e. The Hall–Kier alpha value is -2.64. The van der Waals surface area contributed by atoms with E-state index in [0.717, 1.165) is 0 Å². The van der Waals surface area contributed by atoms with Gasteiger partial charge in [0.1, 0.15) is 11.6 Å². The number of carbonyl (C=O) groups is 3. The zero-order valence-electron chi connectivity index (χ0n) is 14.9. The summed E-state index contributed by atoms with van der Waals surface area (Å²) in [4.78, 5) is 35.6. The van der Waals surface area contributed by atoms with Crippen molar-refractivity contribution in [2.24, 2.45) is 0 Å². The topological polar surface area (TPSA) is 93.7 Å². The zero-order valence-corrected chi connectivity index (χ0v) is 14.9. The van der Waals surface area contributed by atoms with Gasteiger partial charge in [0.2, 0.25) is 0 Å². The van der Waals surface area contributed by atoms with Crippen molar-refractivity contribution >= 4 is 17.9 Å². The van der Waals surface area contributed by atoms with E-state index < -0.39 is 35.4 Å². The summed E-state index contributed by atoms with van der Waals surface area (Å²) < 4.78 is 23.4. The summed E-state index contributed by atoms with van der Waals surface area (Å²) in [6, 6.07) is 4.31. The van der Waals surface area contributed by atoms with Crippen molar-refractivity contribution < 1.29 is 28.2 Å². The molecular formula is C17H23FN2O5. The van der Waals surface area contributed by atoms with Crippen molar-refractivity contribution in [3.8, 4) is 5.75 Å². The van der Waals surface area contributed by atoms with Crippen LogP contribution in [0.4, 0.5) is 9.18 Å². The first-order chi connectivity index (χ1) is 11.5. The van der Waals surface area contributed by atoms with Gasteiger partial charge < -0.3 is 14.8 Å². The van der Waals surface area contributed by atoms with Crippen LogP contribution in [0.3, 0.4) is 0 Å². The summed E-state index contributed by atoms with van der Waals surface area (Å²) in [5.41, 5.74) is -1.41. The SMILES string of the molecule is CC(C)NC(=O)NC(=O)[C@@H](C)OC(=O)C(C)(C)Oc1ccc(F)cc1. The molecule has 0 radical (unpaired) electrons. The fourth-order valence-corrected chi connectivity index (χ4v) is 1.71. The lowest BCUT2D eigenvalue weighted by molar-refractivity contribution is -0.167. The fourth-order valence-electron chi connectivity index (χ4n) is 1.71. The van der Waals surface area contributed by atoms with E-state index in [0.29, 0.717) is 0 Å². The number of amides is 3. The maximum absolute atomic E-state index is 12.9. The van der Waals surface area contributed by atoms with E-state index in [9.17, 15) is 18.8 Å². The van der Waals surface area contributed by atoms with Gasteiger partial charge in [0.15, 0.2) is 11.7 Å². The third-order valence-electron chi connectivity index (χ3n) is 2.99. The average Bonchev–Trinajstić information content (AvgIpc) is 2.48. The van der Waals surface area contributed by atoms with Gasteiger partial charge in [-0.1, -0.05) is 0 Å².